The number of hydrogen-bond donors (Lipinski definition) is 0. The summed E-state index contributed by atoms with van der Waals surface area (Å²) in [6.45, 7) is 17.9. The van der Waals surface area contributed by atoms with Gasteiger partial charge in [0.05, 0.1) is 16.7 Å². The zero-order valence-electron chi connectivity index (χ0n) is 49.7. The normalized spacial score (nSPS) is 12.3. The Morgan fingerprint density at radius 3 is 1.07 bits per heavy atom. The number of anilines is 9. The highest BCUT2D eigenvalue weighted by atomic mass is 15.2. The average molecular weight is 1100 g/mol. The fourth-order valence-electron chi connectivity index (χ4n) is 13.2. The second kappa shape index (κ2) is 21.2. The van der Waals surface area contributed by atoms with Gasteiger partial charge in [-0.1, -0.05) is 153 Å². The molecule has 1 aliphatic rings. The molecule has 0 saturated heterocycles. The molecule has 2 heterocycles. The van der Waals surface area contributed by atoms with E-state index in [0.717, 1.165) is 34.1 Å². The first kappa shape index (κ1) is 52.9. The Morgan fingerprint density at radius 2 is 0.647 bits per heavy atom. The Morgan fingerprint density at radius 1 is 0.282 bits per heavy atom. The number of para-hydroxylation sites is 3. The monoisotopic (exact) mass is 1100 g/mol. The van der Waals surface area contributed by atoms with Crippen LogP contribution in [-0.4, -0.2) is 4.57 Å². The van der Waals surface area contributed by atoms with E-state index in [4.69, 9.17) is 0 Å². The van der Waals surface area contributed by atoms with E-state index in [-0.39, 0.29) is 5.41 Å². The average Bonchev–Trinajstić information content (AvgIpc) is 1.63. The lowest BCUT2D eigenvalue weighted by atomic mass is 9.73. The van der Waals surface area contributed by atoms with E-state index in [1.807, 2.05) is 0 Å². The van der Waals surface area contributed by atoms with E-state index in [0.29, 0.717) is 0 Å². The van der Waals surface area contributed by atoms with Crippen LogP contribution in [0.5, 0.6) is 0 Å². The molecule has 0 aliphatic carbocycles. The maximum atomic E-state index is 2.55. The van der Waals surface area contributed by atoms with Crippen LogP contribution in [0.4, 0.5) is 51.2 Å². The van der Waals surface area contributed by atoms with Gasteiger partial charge in [0.15, 0.2) is 0 Å². The standard InChI is InChI=1S/C81H68N4/c1-53-18-15-24-68(46-53)82(75-27-12-9-21-56(75)4)65-38-30-59(31-39-65)62-36-44-78-71(49-62)72-50-64(61-34-42-67(43-35-61)84(70-26-17-20-55(3)48-70)77-29-14-11-23-58(77)6)52-74-80(72)85(78)79-45-37-63(51-73(79)81(74,7)8)60-32-40-66(41-33-60)83(69-25-16-19-54(2)47-69)76-28-13-10-22-57(76)5/h9-52H,1-8H3. The molecule has 14 rings (SSSR count). The molecule has 0 atom stereocenters. The van der Waals surface area contributed by atoms with Gasteiger partial charge in [-0.2, -0.15) is 0 Å². The van der Waals surface area contributed by atoms with E-state index in [1.54, 1.807) is 0 Å². The van der Waals surface area contributed by atoms with Crippen molar-refractivity contribution in [3.05, 3.63) is 311 Å². The van der Waals surface area contributed by atoms with Crippen molar-refractivity contribution in [2.24, 2.45) is 0 Å². The molecule has 0 N–H and O–H groups in total. The van der Waals surface area contributed by atoms with Crippen LogP contribution in [0.15, 0.2) is 267 Å². The lowest BCUT2D eigenvalue weighted by molar-refractivity contribution is 0.630. The van der Waals surface area contributed by atoms with Gasteiger partial charge in [0.2, 0.25) is 0 Å². The summed E-state index contributed by atoms with van der Waals surface area (Å²) in [5.41, 5.74) is 30.7. The predicted octanol–water partition coefficient (Wildman–Crippen LogP) is 22.7. The molecule has 13 aromatic rings. The lowest BCUT2D eigenvalue weighted by Crippen LogP contribution is -2.26. The number of fused-ring (bicyclic) bond motifs is 5. The second-order valence-electron chi connectivity index (χ2n) is 23.9. The molecular weight excluding hydrogens is 1030 g/mol. The van der Waals surface area contributed by atoms with Crippen molar-refractivity contribution in [1.82, 2.24) is 4.57 Å². The number of benzene rings is 12. The van der Waals surface area contributed by atoms with E-state index >= 15 is 0 Å². The lowest BCUT2D eigenvalue weighted by Gasteiger charge is -2.35. The summed E-state index contributed by atoms with van der Waals surface area (Å²) in [4.78, 5) is 7.15. The first-order valence-electron chi connectivity index (χ1n) is 29.7. The Labute approximate surface area is 500 Å². The van der Waals surface area contributed by atoms with Gasteiger partial charge < -0.3 is 19.3 Å². The summed E-state index contributed by atoms with van der Waals surface area (Å²) >= 11 is 0. The van der Waals surface area contributed by atoms with Crippen molar-refractivity contribution in [2.45, 2.75) is 60.8 Å². The summed E-state index contributed by atoms with van der Waals surface area (Å²) < 4.78 is 2.55. The Balaban J connectivity index is 0.902. The minimum absolute atomic E-state index is 0.359. The van der Waals surface area contributed by atoms with Crippen LogP contribution in [0.1, 0.15) is 58.4 Å². The topological polar surface area (TPSA) is 14.7 Å². The van der Waals surface area contributed by atoms with Crippen molar-refractivity contribution in [3.8, 4) is 39.1 Å². The minimum atomic E-state index is -0.359. The minimum Gasteiger partial charge on any atom is -0.310 e. The van der Waals surface area contributed by atoms with E-state index in [9.17, 15) is 0 Å². The van der Waals surface area contributed by atoms with Gasteiger partial charge in [0.25, 0.3) is 0 Å². The SMILES string of the molecule is Cc1cccc(N(c2ccc(-c3ccc4c(c3)C(C)(C)c3cc(-c5ccc(N(c6cccc(C)c6)c6ccccc6C)cc5)cc5c6cc(-c7ccc(N(c8cccc(C)c8)c8ccccc8C)cc7)ccc6n-4c35)cc2)c2ccccc2C)c1. The summed E-state index contributed by atoms with van der Waals surface area (Å²) in [5, 5.41) is 2.49. The summed E-state index contributed by atoms with van der Waals surface area (Å²) in [6.07, 6.45) is 0. The third-order valence-electron chi connectivity index (χ3n) is 17.7. The number of rotatable bonds is 12. The van der Waals surface area contributed by atoms with Crippen LogP contribution in [0.25, 0.3) is 60.9 Å². The largest absolute Gasteiger partial charge is 0.310 e. The van der Waals surface area contributed by atoms with Crippen molar-refractivity contribution >= 4 is 73.0 Å². The zero-order valence-corrected chi connectivity index (χ0v) is 49.7. The second-order valence-corrected chi connectivity index (χ2v) is 23.9. The van der Waals surface area contributed by atoms with Crippen LogP contribution < -0.4 is 14.7 Å². The van der Waals surface area contributed by atoms with Crippen LogP contribution in [0.3, 0.4) is 0 Å². The van der Waals surface area contributed by atoms with Gasteiger partial charge in [-0.05, 0) is 247 Å². The van der Waals surface area contributed by atoms with Gasteiger partial charge in [-0.3, -0.25) is 0 Å². The van der Waals surface area contributed by atoms with Gasteiger partial charge in [0, 0.05) is 67.4 Å². The number of nitrogens with zero attached hydrogens (tertiary/aromatic N) is 4. The highest BCUT2D eigenvalue weighted by molar-refractivity contribution is 6.14. The molecule has 1 aliphatic heterocycles. The maximum absolute atomic E-state index is 2.55. The Hall–Kier alpha value is -10.2. The molecule has 412 valence electrons. The quantitative estimate of drug-likeness (QED) is 0.121. The van der Waals surface area contributed by atoms with Crippen molar-refractivity contribution in [3.63, 3.8) is 0 Å². The highest BCUT2D eigenvalue weighted by Gasteiger charge is 2.36. The van der Waals surface area contributed by atoms with Crippen LogP contribution in [0.2, 0.25) is 0 Å². The Bertz CT molecular complexity index is 4690. The van der Waals surface area contributed by atoms with Gasteiger partial charge in [-0.25, -0.2) is 0 Å². The predicted molar refractivity (Wildman–Crippen MR) is 362 cm³/mol. The summed E-state index contributed by atoms with van der Waals surface area (Å²) in [6, 6.07) is 99.1. The number of aromatic nitrogens is 1. The van der Waals surface area contributed by atoms with Crippen LogP contribution >= 0.6 is 0 Å². The smallest absolute Gasteiger partial charge is 0.0582 e. The van der Waals surface area contributed by atoms with Crippen LogP contribution in [0, 0.1) is 41.5 Å². The molecular formula is C81H68N4. The fraction of sp³-hybridized carbons (Fsp3) is 0.111. The number of aryl methyl sites for hydroxylation is 6. The van der Waals surface area contributed by atoms with Gasteiger partial charge in [0.1, 0.15) is 0 Å². The molecule has 12 aromatic carbocycles. The van der Waals surface area contributed by atoms with Gasteiger partial charge >= 0.3 is 0 Å². The Kier molecular flexibility index (Phi) is 13.2. The molecule has 0 unspecified atom stereocenters. The molecule has 0 fully saturated rings. The molecule has 4 heteroatoms. The number of hydrogen-bond acceptors (Lipinski definition) is 3. The summed E-state index contributed by atoms with van der Waals surface area (Å²) in [7, 11) is 0. The van der Waals surface area contributed by atoms with Crippen LogP contribution in [-0.2, 0) is 5.41 Å². The van der Waals surface area contributed by atoms with Crippen molar-refractivity contribution < 1.29 is 0 Å². The van der Waals surface area contributed by atoms with Gasteiger partial charge in [-0.15, -0.1) is 0 Å². The molecule has 0 saturated carbocycles. The highest BCUT2D eigenvalue weighted by Crippen LogP contribution is 2.51. The molecule has 0 radical (unpaired) electrons. The maximum Gasteiger partial charge on any atom is 0.0582 e. The molecule has 0 bridgehead atoms. The molecule has 0 spiro atoms. The molecule has 4 nitrogen and oxygen atoms in total. The first-order valence-corrected chi connectivity index (χ1v) is 29.7. The van der Waals surface area contributed by atoms with Crippen molar-refractivity contribution in [2.75, 3.05) is 14.7 Å². The van der Waals surface area contributed by atoms with E-state index < -0.39 is 0 Å². The molecule has 85 heavy (non-hydrogen) atoms. The first-order chi connectivity index (χ1) is 41.4. The van der Waals surface area contributed by atoms with E-state index in [2.05, 4.69) is 342 Å². The fourth-order valence-corrected chi connectivity index (χ4v) is 13.2. The third-order valence-corrected chi connectivity index (χ3v) is 17.7. The van der Waals surface area contributed by atoms with E-state index in [1.165, 1.54) is 122 Å². The third kappa shape index (κ3) is 9.45. The van der Waals surface area contributed by atoms with Crippen molar-refractivity contribution in [1.29, 1.82) is 0 Å². The molecule has 1 aromatic heterocycles. The summed E-state index contributed by atoms with van der Waals surface area (Å²) in [5.74, 6) is 0. The zero-order chi connectivity index (χ0) is 58.1. The molecule has 0 amide bonds.